The summed E-state index contributed by atoms with van der Waals surface area (Å²) < 4.78 is 5.89. The second kappa shape index (κ2) is 4.30. The Labute approximate surface area is 111 Å². The highest BCUT2D eigenvalue weighted by molar-refractivity contribution is 8.14. The lowest BCUT2D eigenvalue weighted by Crippen LogP contribution is -2.03. The van der Waals surface area contributed by atoms with Gasteiger partial charge in [0.1, 0.15) is 5.75 Å². The molecular formula is C13H13N2OPS. The molecule has 0 fully saturated rings. The van der Waals surface area contributed by atoms with Gasteiger partial charge in [-0.2, -0.15) is 0 Å². The Morgan fingerprint density at radius 3 is 2.50 bits per heavy atom. The van der Waals surface area contributed by atoms with Crippen LogP contribution in [0.15, 0.2) is 48.5 Å². The molecule has 0 amide bonds. The van der Waals surface area contributed by atoms with E-state index in [1.165, 1.54) is 5.56 Å². The molecule has 1 unspecified atom stereocenters. The van der Waals surface area contributed by atoms with Crippen LogP contribution in [0.25, 0.3) is 0 Å². The molecule has 2 aromatic rings. The maximum Gasteiger partial charge on any atom is 0.299 e. The first-order valence-corrected chi connectivity index (χ1v) is 8.39. The van der Waals surface area contributed by atoms with Gasteiger partial charge in [-0.15, -0.1) is 0 Å². The van der Waals surface area contributed by atoms with Crippen LogP contribution in [-0.2, 0) is 11.8 Å². The molecule has 0 aromatic heterocycles. The van der Waals surface area contributed by atoms with Crippen molar-refractivity contribution in [3.05, 3.63) is 54.1 Å². The summed E-state index contributed by atoms with van der Waals surface area (Å²) in [5.74, 6) is 0.783. The molecule has 3 rings (SSSR count). The Morgan fingerprint density at radius 2 is 1.72 bits per heavy atom. The van der Waals surface area contributed by atoms with Gasteiger partial charge in [0.05, 0.1) is 11.4 Å². The summed E-state index contributed by atoms with van der Waals surface area (Å²) >= 11 is 5.56. The van der Waals surface area contributed by atoms with Crippen LogP contribution in [0.1, 0.15) is 5.56 Å². The Bertz CT molecular complexity index is 630. The lowest BCUT2D eigenvalue weighted by Gasteiger charge is -2.18. The summed E-state index contributed by atoms with van der Waals surface area (Å²) in [6.07, 6.45) is 0. The van der Waals surface area contributed by atoms with Crippen LogP contribution in [0.3, 0.4) is 0 Å². The fraction of sp³-hybridized carbons (Fsp3) is 0.0769. The quantitative estimate of drug-likeness (QED) is 0.808. The fourth-order valence-electron chi connectivity index (χ4n) is 1.87. The van der Waals surface area contributed by atoms with E-state index in [0.29, 0.717) is 0 Å². The number of benzene rings is 2. The van der Waals surface area contributed by atoms with Crippen LogP contribution >= 0.6 is 6.57 Å². The van der Waals surface area contributed by atoms with Gasteiger partial charge in [0.15, 0.2) is 0 Å². The van der Waals surface area contributed by atoms with E-state index in [1.807, 2.05) is 36.4 Å². The average Bonchev–Trinajstić information content (AvgIpc) is 2.65. The molecule has 1 aliphatic rings. The first-order chi connectivity index (χ1) is 8.65. The smallest absolute Gasteiger partial charge is 0.299 e. The van der Waals surface area contributed by atoms with E-state index >= 15 is 0 Å². The summed E-state index contributed by atoms with van der Waals surface area (Å²) in [5, 5.41) is 6.57. The van der Waals surface area contributed by atoms with E-state index in [2.05, 4.69) is 29.2 Å². The second-order valence-corrected chi connectivity index (χ2v) is 7.50. The largest absolute Gasteiger partial charge is 0.433 e. The van der Waals surface area contributed by atoms with Gasteiger partial charge in [0.2, 0.25) is 0 Å². The molecule has 92 valence electrons. The minimum absolute atomic E-state index is 0.783. The normalized spacial score (nSPS) is 20.7. The Hall–Kier alpha value is -1.51. The number of hydrogen-bond donors (Lipinski definition) is 2. The molecule has 2 N–H and O–H groups in total. The number of hydrogen-bond acceptors (Lipinski definition) is 2. The number of fused-ring (bicyclic) bond motifs is 1. The van der Waals surface area contributed by atoms with Crippen LogP contribution in [0.2, 0.25) is 0 Å². The van der Waals surface area contributed by atoms with Gasteiger partial charge < -0.3 is 14.7 Å². The van der Waals surface area contributed by atoms with Gasteiger partial charge in [-0.05, 0) is 48.6 Å². The number of anilines is 2. The number of aryl methyl sites for hydroxylation is 1. The summed E-state index contributed by atoms with van der Waals surface area (Å²) in [5.41, 5.74) is 3.24. The monoisotopic (exact) mass is 276 g/mol. The highest BCUT2D eigenvalue weighted by Gasteiger charge is 2.28. The van der Waals surface area contributed by atoms with Crippen molar-refractivity contribution in [1.29, 1.82) is 0 Å². The van der Waals surface area contributed by atoms with Gasteiger partial charge in [-0.3, -0.25) is 0 Å². The van der Waals surface area contributed by atoms with Gasteiger partial charge in [-0.25, -0.2) is 0 Å². The van der Waals surface area contributed by atoms with Crippen molar-refractivity contribution in [3.8, 4) is 5.75 Å². The van der Waals surface area contributed by atoms with Crippen molar-refractivity contribution < 1.29 is 4.52 Å². The third kappa shape index (κ3) is 2.22. The molecule has 18 heavy (non-hydrogen) atoms. The van der Waals surface area contributed by atoms with Crippen LogP contribution in [-0.4, -0.2) is 0 Å². The van der Waals surface area contributed by atoms with Gasteiger partial charge >= 0.3 is 0 Å². The van der Waals surface area contributed by atoms with E-state index in [1.54, 1.807) is 0 Å². The van der Waals surface area contributed by atoms with Crippen LogP contribution in [0.5, 0.6) is 5.75 Å². The van der Waals surface area contributed by atoms with E-state index in [0.717, 1.165) is 17.1 Å². The van der Waals surface area contributed by atoms with Crippen molar-refractivity contribution >= 4 is 29.7 Å². The van der Waals surface area contributed by atoms with Crippen molar-refractivity contribution in [2.45, 2.75) is 6.92 Å². The average molecular weight is 276 g/mol. The zero-order chi connectivity index (χ0) is 12.6. The summed E-state index contributed by atoms with van der Waals surface area (Å²) in [6.45, 7) is -0.203. The van der Waals surface area contributed by atoms with Crippen molar-refractivity contribution in [2.24, 2.45) is 0 Å². The van der Waals surface area contributed by atoms with Crippen LogP contribution in [0, 0.1) is 6.92 Å². The summed E-state index contributed by atoms with van der Waals surface area (Å²) in [6, 6.07) is 15.8. The molecule has 1 atom stereocenters. The molecule has 0 bridgehead atoms. The van der Waals surface area contributed by atoms with Crippen molar-refractivity contribution in [2.75, 3.05) is 10.2 Å². The van der Waals surface area contributed by atoms with Gasteiger partial charge in [-0.1, -0.05) is 24.3 Å². The Balaban J connectivity index is 1.86. The molecule has 0 saturated carbocycles. The zero-order valence-electron chi connectivity index (χ0n) is 9.88. The minimum atomic E-state index is -2.26. The molecule has 0 saturated heterocycles. The Morgan fingerprint density at radius 1 is 1.00 bits per heavy atom. The molecule has 1 aliphatic heterocycles. The lowest BCUT2D eigenvalue weighted by atomic mass is 10.2. The first-order valence-electron chi connectivity index (χ1n) is 5.67. The molecule has 3 nitrogen and oxygen atoms in total. The van der Waals surface area contributed by atoms with Gasteiger partial charge in [0.25, 0.3) is 6.57 Å². The molecule has 1 heterocycles. The fourth-order valence-corrected chi connectivity index (χ4v) is 4.30. The third-order valence-electron chi connectivity index (χ3n) is 2.69. The first kappa shape index (κ1) is 11.6. The van der Waals surface area contributed by atoms with E-state index in [9.17, 15) is 0 Å². The third-order valence-corrected chi connectivity index (χ3v) is 5.00. The highest BCUT2D eigenvalue weighted by atomic mass is 32.4. The summed E-state index contributed by atoms with van der Waals surface area (Å²) in [4.78, 5) is 0. The molecule has 5 heteroatoms. The van der Waals surface area contributed by atoms with Gasteiger partial charge in [0, 0.05) is 0 Å². The van der Waals surface area contributed by atoms with Crippen molar-refractivity contribution in [1.82, 2.24) is 0 Å². The van der Waals surface area contributed by atoms with E-state index in [-0.39, 0.29) is 0 Å². The van der Waals surface area contributed by atoms with Crippen LogP contribution in [0.4, 0.5) is 11.4 Å². The minimum Gasteiger partial charge on any atom is -0.433 e. The number of para-hydroxylation sites is 1. The molecule has 0 radical (unpaired) electrons. The highest BCUT2D eigenvalue weighted by Crippen LogP contribution is 2.54. The molecule has 2 aromatic carbocycles. The van der Waals surface area contributed by atoms with E-state index in [4.69, 9.17) is 16.3 Å². The molecule has 0 spiro atoms. The maximum absolute atomic E-state index is 5.89. The molecular weight excluding hydrogens is 263 g/mol. The molecule has 0 aliphatic carbocycles. The predicted molar refractivity (Wildman–Crippen MR) is 79.8 cm³/mol. The standard InChI is InChI=1S/C13H13N2OPS/c1-10-7-8-12-13(9-10)15-17(18,14-12)16-11-5-3-2-4-6-11/h2-9H,1H3,(H2,14,15,18). The maximum atomic E-state index is 5.89. The zero-order valence-corrected chi connectivity index (χ0v) is 11.6. The van der Waals surface area contributed by atoms with Crippen LogP contribution < -0.4 is 14.7 Å². The Kier molecular flexibility index (Phi) is 2.77. The topological polar surface area (TPSA) is 33.3 Å². The second-order valence-electron chi connectivity index (χ2n) is 4.23. The predicted octanol–water partition coefficient (Wildman–Crippen LogP) is 4.14. The van der Waals surface area contributed by atoms with E-state index < -0.39 is 6.57 Å². The summed E-state index contributed by atoms with van der Waals surface area (Å²) in [7, 11) is 0. The number of nitrogens with one attached hydrogen (secondary N) is 2. The number of rotatable bonds is 2. The van der Waals surface area contributed by atoms with Crippen molar-refractivity contribution in [3.63, 3.8) is 0 Å². The SMILES string of the molecule is Cc1ccc2c(c1)NP(=S)(Oc1ccccc1)N2. The lowest BCUT2D eigenvalue weighted by molar-refractivity contribution is 0.621.